The Morgan fingerprint density at radius 2 is 1.94 bits per heavy atom. The predicted molar refractivity (Wildman–Crippen MR) is 69.1 cm³/mol. The number of aromatic carboxylic acids is 1. The van der Waals surface area contributed by atoms with Gasteiger partial charge in [0.1, 0.15) is 5.82 Å². The lowest BCUT2D eigenvalue weighted by molar-refractivity contribution is 0.0691. The molecule has 0 atom stereocenters. The number of halogens is 1. The van der Waals surface area contributed by atoms with E-state index in [1.165, 1.54) is 25.7 Å². The van der Waals surface area contributed by atoms with Crippen molar-refractivity contribution < 1.29 is 9.90 Å². The monoisotopic (exact) mass is 266 g/mol. The van der Waals surface area contributed by atoms with Gasteiger partial charge in [-0.2, -0.15) is 0 Å². The molecule has 3 rings (SSSR count). The quantitative estimate of drug-likeness (QED) is 0.860. The Bertz CT molecular complexity index is 472. The first-order valence-electron chi connectivity index (χ1n) is 6.31. The maximum Gasteiger partial charge on any atom is 0.356 e. The van der Waals surface area contributed by atoms with Crippen LogP contribution in [0.1, 0.15) is 36.2 Å². The summed E-state index contributed by atoms with van der Waals surface area (Å²) >= 11 is 5.81. The standard InChI is InChI=1S/C13H15ClN2O2/c14-9-5-6-10(16-12(9)13(17)18)15-11(7-1-2-7)8-3-4-8/h5-8,11H,1-4H2,(H,15,16)(H,17,18). The van der Waals surface area contributed by atoms with Crippen LogP contribution in [-0.4, -0.2) is 22.1 Å². The van der Waals surface area contributed by atoms with Gasteiger partial charge in [0.25, 0.3) is 0 Å². The molecule has 2 saturated carbocycles. The number of carbonyl (C=O) groups is 1. The van der Waals surface area contributed by atoms with Crippen LogP contribution in [0.5, 0.6) is 0 Å². The molecule has 0 amide bonds. The topological polar surface area (TPSA) is 62.2 Å². The molecule has 2 aliphatic rings. The Balaban J connectivity index is 1.78. The number of rotatable bonds is 5. The first kappa shape index (κ1) is 11.8. The zero-order valence-electron chi connectivity index (χ0n) is 9.90. The summed E-state index contributed by atoms with van der Waals surface area (Å²) in [4.78, 5) is 15.1. The molecule has 0 radical (unpaired) electrons. The lowest BCUT2D eigenvalue weighted by atomic mass is 10.1. The van der Waals surface area contributed by atoms with Crippen molar-refractivity contribution in [3.8, 4) is 0 Å². The second-order valence-electron chi connectivity index (χ2n) is 5.18. The molecular formula is C13H15ClN2O2. The summed E-state index contributed by atoms with van der Waals surface area (Å²) in [7, 11) is 0. The van der Waals surface area contributed by atoms with Crippen molar-refractivity contribution in [3.63, 3.8) is 0 Å². The number of hydrogen-bond donors (Lipinski definition) is 2. The highest BCUT2D eigenvalue weighted by Crippen LogP contribution is 2.45. The molecule has 2 N–H and O–H groups in total. The molecule has 4 nitrogen and oxygen atoms in total. The van der Waals surface area contributed by atoms with Crippen molar-refractivity contribution in [3.05, 3.63) is 22.8 Å². The summed E-state index contributed by atoms with van der Waals surface area (Å²) in [5, 5.41) is 12.6. The Labute approximate surface area is 110 Å². The van der Waals surface area contributed by atoms with Crippen LogP contribution in [0.2, 0.25) is 5.02 Å². The molecule has 1 aromatic heterocycles. The largest absolute Gasteiger partial charge is 0.476 e. The van der Waals surface area contributed by atoms with Gasteiger partial charge in [-0.25, -0.2) is 9.78 Å². The zero-order chi connectivity index (χ0) is 12.7. The van der Waals surface area contributed by atoms with Crippen LogP contribution in [0, 0.1) is 11.8 Å². The molecule has 0 saturated heterocycles. The summed E-state index contributed by atoms with van der Waals surface area (Å²) in [6.07, 6.45) is 5.09. The molecule has 5 heteroatoms. The van der Waals surface area contributed by atoms with Gasteiger partial charge in [0.05, 0.1) is 5.02 Å². The minimum Gasteiger partial charge on any atom is -0.476 e. The molecule has 2 aliphatic carbocycles. The van der Waals surface area contributed by atoms with Crippen LogP contribution in [0.15, 0.2) is 12.1 Å². The SMILES string of the molecule is O=C(O)c1nc(NC(C2CC2)C2CC2)ccc1Cl. The maximum absolute atomic E-state index is 11.0. The third kappa shape index (κ3) is 2.43. The third-order valence-electron chi connectivity index (χ3n) is 3.62. The van der Waals surface area contributed by atoms with E-state index in [1.807, 2.05) is 0 Å². The second-order valence-corrected chi connectivity index (χ2v) is 5.58. The van der Waals surface area contributed by atoms with Gasteiger partial charge in [-0.1, -0.05) is 11.6 Å². The van der Waals surface area contributed by atoms with Crippen LogP contribution in [-0.2, 0) is 0 Å². The van der Waals surface area contributed by atoms with Crippen LogP contribution < -0.4 is 5.32 Å². The van der Waals surface area contributed by atoms with E-state index in [-0.39, 0.29) is 10.7 Å². The maximum atomic E-state index is 11.0. The van der Waals surface area contributed by atoms with E-state index in [1.54, 1.807) is 12.1 Å². The van der Waals surface area contributed by atoms with Gasteiger partial charge in [-0.15, -0.1) is 0 Å². The van der Waals surface area contributed by atoms with Crippen LogP contribution in [0.4, 0.5) is 5.82 Å². The smallest absolute Gasteiger partial charge is 0.356 e. The molecule has 0 spiro atoms. The Kier molecular flexibility index (Phi) is 2.90. The van der Waals surface area contributed by atoms with Crippen molar-refractivity contribution in [2.24, 2.45) is 11.8 Å². The van der Waals surface area contributed by atoms with E-state index < -0.39 is 5.97 Å². The molecular weight excluding hydrogens is 252 g/mol. The summed E-state index contributed by atoms with van der Waals surface area (Å²) < 4.78 is 0. The Hall–Kier alpha value is -1.29. The van der Waals surface area contributed by atoms with E-state index in [0.717, 1.165) is 11.8 Å². The average molecular weight is 267 g/mol. The number of aromatic nitrogens is 1. The molecule has 2 fully saturated rings. The number of pyridine rings is 1. The summed E-state index contributed by atoms with van der Waals surface area (Å²) in [5.41, 5.74) is -0.0768. The Morgan fingerprint density at radius 1 is 1.33 bits per heavy atom. The number of nitrogens with one attached hydrogen (secondary N) is 1. The van der Waals surface area contributed by atoms with Gasteiger partial charge in [-0.3, -0.25) is 0 Å². The molecule has 1 heterocycles. The highest BCUT2D eigenvalue weighted by atomic mass is 35.5. The molecule has 0 aliphatic heterocycles. The van der Waals surface area contributed by atoms with Gasteiger partial charge in [0.15, 0.2) is 5.69 Å². The van der Waals surface area contributed by atoms with Gasteiger partial charge < -0.3 is 10.4 Å². The average Bonchev–Trinajstić information content (AvgIpc) is 3.20. The molecule has 0 unspecified atom stereocenters. The molecule has 96 valence electrons. The normalized spacial score (nSPS) is 19.0. The molecule has 0 bridgehead atoms. The fourth-order valence-electron chi connectivity index (χ4n) is 2.37. The van der Waals surface area contributed by atoms with E-state index in [0.29, 0.717) is 11.9 Å². The number of carboxylic acid groups (broad SMARTS) is 1. The van der Waals surface area contributed by atoms with E-state index in [4.69, 9.17) is 16.7 Å². The lowest BCUT2D eigenvalue weighted by Crippen LogP contribution is -2.25. The van der Waals surface area contributed by atoms with Crippen molar-refractivity contribution in [1.29, 1.82) is 0 Å². The number of anilines is 1. The van der Waals surface area contributed by atoms with Gasteiger partial charge in [0, 0.05) is 6.04 Å². The summed E-state index contributed by atoms with van der Waals surface area (Å²) in [6, 6.07) is 3.81. The van der Waals surface area contributed by atoms with Gasteiger partial charge >= 0.3 is 5.97 Å². The first-order valence-corrected chi connectivity index (χ1v) is 6.69. The van der Waals surface area contributed by atoms with E-state index in [9.17, 15) is 4.79 Å². The van der Waals surface area contributed by atoms with Crippen molar-refractivity contribution in [1.82, 2.24) is 4.98 Å². The third-order valence-corrected chi connectivity index (χ3v) is 3.93. The number of nitrogens with zero attached hydrogens (tertiary/aromatic N) is 1. The first-order chi connectivity index (χ1) is 8.65. The fourth-order valence-corrected chi connectivity index (χ4v) is 2.56. The van der Waals surface area contributed by atoms with Crippen molar-refractivity contribution in [2.75, 3.05) is 5.32 Å². The highest BCUT2D eigenvalue weighted by molar-refractivity contribution is 6.33. The van der Waals surface area contributed by atoms with Gasteiger partial charge in [0.2, 0.25) is 0 Å². The van der Waals surface area contributed by atoms with Crippen LogP contribution in [0.3, 0.4) is 0 Å². The van der Waals surface area contributed by atoms with Crippen LogP contribution >= 0.6 is 11.6 Å². The minimum atomic E-state index is -1.09. The summed E-state index contributed by atoms with van der Waals surface area (Å²) in [5.74, 6) is 1.02. The van der Waals surface area contributed by atoms with E-state index in [2.05, 4.69) is 10.3 Å². The molecule has 18 heavy (non-hydrogen) atoms. The summed E-state index contributed by atoms with van der Waals surface area (Å²) in [6.45, 7) is 0. The predicted octanol–water partition coefficient (Wildman–Crippen LogP) is 3.03. The minimum absolute atomic E-state index is 0.0768. The lowest BCUT2D eigenvalue weighted by Gasteiger charge is -2.18. The fraction of sp³-hybridized carbons (Fsp3) is 0.538. The van der Waals surface area contributed by atoms with E-state index >= 15 is 0 Å². The van der Waals surface area contributed by atoms with Crippen molar-refractivity contribution >= 4 is 23.4 Å². The van der Waals surface area contributed by atoms with Gasteiger partial charge in [-0.05, 0) is 49.7 Å². The number of hydrogen-bond acceptors (Lipinski definition) is 3. The molecule has 1 aromatic rings. The van der Waals surface area contributed by atoms with Crippen molar-refractivity contribution in [2.45, 2.75) is 31.7 Å². The second kappa shape index (κ2) is 4.43. The molecule has 0 aromatic carbocycles. The zero-order valence-corrected chi connectivity index (χ0v) is 10.7. The number of carboxylic acids is 1. The van der Waals surface area contributed by atoms with Crippen LogP contribution in [0.25, 0.3) is 0 Å². The Morgan fingerprint density at radius 3 is 2.44 bits per heavy atom. The highest BCUT2D eigenvalue weighted by Gasteiger charge is 2.41.